The van der Waals surface area contributed by atoms with Crippen LogP contribution < -0.4 is 0 Å². The van der Waals surface area contributed by atoms with Crippen LogP contribution in [0.3, 0.4) is 0 Å². The third-order valence-corrected chi connectivity index (χ3v) is 6.73. The highest BCUT2D eigenvalue weighted by Gasteiger charge is 2.31. The van der Waals surface area contributed by atoms with Crippen molar-refractivity contribution < 1.29 is 13.5 Å². The lowest BCUT2D eigenvalue weighted by Crippen LogP contribution is -2.42. The van der Waals surface area contributed by atoms with E-state index in [9.17, 15) is 13.5 Å². The van der Waals surface area contributed by atoms with Crippen LogP contribution in [0.25, 0.3) is 0 Å². The molecule has 0 saturated heterocycles. The van der Waals surface area contributed by atoms with Crippen molar-refractivity contribution in [2.45, 2.75) is 37.8 Å². The van der Waals surface area contributed by atoms with E-state index >= 15 is 0 Å². The Kier molecular flexibility index (Phi) is 7.67. The summed E-state index contributed by atoms with van der Waals surface area (Å²) in [6.45, 7) is 3.97. The molecule has 0 bridgehead atoms. The molecule has 4 nitrogen and oxygen atoms in total. The molecule has 0 fully saturated rings. The number of rotatable bonds is 8. The minimum Gasteiger partial charge on any atom is -0.395 e. The van der Waals surface area contributed by atoms with E-state index in [1.807, 2.05) is 38.1 Å². The highest BCUT2D eigenvalue weighted by atomic mass is 79.9. The smallest absolute Gasteiger partial charge is 0.243 e. The van der Waals surface area contributed by atoms with Crippen LogP contribution in [-0.2, 0) is 16.6 Å². The fraction of sp³-hybridized carbons (Fsp3) is 0.368. The summed E-state index contributed by atoms with van der Waals surface area (Å²) < 4.78 is 28.8. The minimum atomic E-state index is -3.78. The van der Waals surface area contributed by atoms with Gasteiger partial charge in [-0.1, -0.05) is 53.5 Å². The van der Waals surface area contributed by atoms with Gasteiger partial charge in [0.25, 0.3) is 0 Å². The van der Waals surface area contributed by atoms with Crippen LogP contribution in [0.4, 0.5) is 0 Å². The van der Waals surface area contributed by atoms with E-state index in [0.29, 0.717) is 11.4 Å². The lowest BCUT2D eigenvalue weighted by atomic mass is 10.0. The van der Waals surface area contributed by atoms with E-state index in [2.05, 4.69) is 15.9 Å². The Labute approximate surface area is 169 Å². The number of aliphatic hydroxyl groups is 1. The van der Waals surface area contributed by atoms with E-state index < -0.39 is 16.1 Å². The van der Waals surface area contributed by atoms with Gasteiger partial charge in [-0.25, -0.2) is 8.42 Å². The molecule has 0 radical (unpaired) electrons. The van der Waals surface area contributed by atoms with Gasteiger partial charge in [0, 0.05) is 22.1 Å². The van der Waals surface area contributed by atoms with Gasteiger partial charge >= 0.3 is 0 Å². The lowest BCUT2D eigenvalue weighted by molar-refractivity contribution is 0.164. The van der Waals surface area contributed by atoms with Gasteiger partial charge in [0.1, 0.15) is 0 Å². The first-order valence-corrected chi connectivity index (χ1v) is 11.0. The largest absolute Gasteiger partial charge is 0.395 e. The molecule has 0 amide bonds. The van der Waals surface area contributed by atoms with Crippen molar-refractivity contribution >= 4 is 37.6 Å². The molecule has 0 aliphatic heterocycles. The van der Waals surface area contributed by atoms with Gasteiger partial charge in [-0.05, 0) is 54.3 Å². The normalized spacial score (nSPS) is 13.3. The molecular weight excluding hydrogens is 438 g/mol. The first kappa shape index (κ1) is 21.4. The van der Waals surface area contributed by atoms with Crippen molar-refractivity contribution in [3.63, 3.8) is 0 Å². The minimum absolute atomic E-state index is 0.168. The zero-order valence-electron chi connectivity index (χ0n) is 14.8. The number of halogens is 2. The third-order valence-electron chi connectivity index (χ3n) is 4.03. The number of sulfonamides is 1. The van der Waals surface area contributed by atoms with Crippen LogP contribution in [0.5, 0.6) is 0 Å². The lowest BCUT2D eigenvalue weighted by Gasteiger charge is -2.31. The van der Waals surface area contributed by atoms with Crippen LogP contribution in [-0.4, -0.2) is 30.5 Å². The van der Waals surface area contributed by atoms with Crippen LogP contribution in [0.15, 0.2) is 57.9 Å². The average molecular weight is 461 g/mol. The summed E-state index contributed by atoms with van der Waals surface area (Å²) in [6, 6.07) is 13.1. The van der Waals surface area contributed by atoms with E-state index in [1.54, 1.807) is 12.1 Å². The van der Waals surface area contributed by atoms with Crippen molar-refractivity contribution in [2.24, 2.45) is 5.92 Å². The number of aliphatic hydroxyl groups excluding tert-OH is 1. The molecule has 2 rings (SSSR count). The number of hydrogen-bond donors (Lipinski definition) is 1. The van der Waals surface area contributed by atoms with Crippen molar-refractivity contribution in [3.05, 3.63) is 63.6 Å². The van der Waals surface area contributed by atoms with Crippen molar-refractivity contribution in [2.75, 3.05) is 6.61 Å². The fourth-order valence-corrected chi connectivity index (χ4v) is 4.75. The molecule has 26 heavy (non-hydrogen) atoms. The molecule has 0 saturated carbocycles. The van der Waals surface area contributed by atoms with E-state index in [0.717, 1.165) is 10.0 Å². The number of hydrogen-bond acceptors (Lipinski definition) is 3. The molecule has 2 aromatic carbocycles. The van der Waals surface area contributed by atoms with E-state index in [4.69, 9.17) is 11.6 Å². The molecule has 7 heteroatoms. The first-order valence-electron chi connectivity index (χ1n) is 8.36. The Bertz CT molecular complexity index is 808. The zero-order valence-corrected chi connectivity index (χ0v) is 17.9. The summed E-state index contributed by atoms with van der Waals surface area (Å²) in [5, 5.41) is 10.4. The Hall–Kier alpha value is -0.920. The van der Waals surface area contributed by atoms with Crippen molar-refractivity contribution in [3.8, 4) is 0 Å². The quantitative estimate of drug-likeness (QED) is 0.621. The van der Waals surface area contributed by atoms with Crippen LogP contribution in [0.1, 0.15) is 25.8 Å². The van der Waals surface area contributed by atoms with Gasteiger partial charge in [0.2, 0.25) is 10.0 Å². The van der Waals surface area contributed by atoms with Crippen LogP contribution in [0, 0.1) is 5.92 Å². The summed E-state index contributed by atoms with van der Waals surface area (Å²) in [7, 11) is -3.78. The topological polar surface area (TPSA) is 57.6 Å². The Balaban J connectivity index is 2.43. The summed E-state index contributed by atoms with van der Waals surface area (Å²) >= 11 is 9.28. The SMILES string of the molecule is CC(C)CC(CO)N(Cc1ccc(Br)cc1)S(=O)(=O)c1ccc(Cl)cc1. The Morgan fingerprint density at radius 1 is 1.08 bits per heavy atom. The summed E-state index contributed by atoms with van der Waals surface area (Å²) in [5.74, 6) is 0.250. The van der Waals surface area contributed by atoms with E-state index in [-0.39, 0.29) is 24.0 Å². The highest BCUT2D eigenvalue weighted by Crippen LogP contribution is 2.25. The summed E-state index contributed by atoms with van der Waals surface area (Å²) in [4.78, 5) is 0.168. The van der Waals surface area contributed by atoms with Gasteiger partial charge in [0.05, 0.1) is 11.5 Å². The van der Waals surface area contributed by atoms with Crippen LogP contribution >= 0.6 is 27.5 Å². The molecule has 1 N–H and O–H groups in total. The summed E-state index contributed by atoms with van der Waals surface area (Å²) in [6.07, 6.45) is 0.569. The molecular formula is C19H23BrClNO3S. The molecule has 0 aromatic heterocycles. The maximum absolute atomic E-state index is 13.3. The molecule has 0 heterocycles. The maximum Gasteiger partial charge on any atom is 0.243 e. The van der Waals surface area contributed by atoms with Gasteiger partial charge in [-0.15, -0.1) is 0 Å². The summed E-state index contributed by atoms with van der Waals surface area (Å²) in [5.41, 5.74) is 0.855. The average Bonchev–Trinajstić information content (AvgIpc) is 2.59. The number of nitrogens with zero attached hydrogens (tertiary/aromatic N) is 1. The maximum atomic E-state index is 13.3. The van der Waals surface area contributed by atoms with Gasteiger partial charge in [-0.3, -0.25) is 0 Å². The van der Waals surface area contributed by atoms with Crippen LogP contribution in [0.2, 0.25) is 5.02 Å². The molecule has 0 aliphatic rings. The molecule has 0 aliphatic carbocycles. The molecule has 1 atom stereocenters. The first-order chi connectivity index (χ1) is 12.2. The second-order valence-corrected chi connectivity index (χ2v) is 9.84. The standard InChI is InChI=1S/C19H23BrClNO3S/c1-14(2)11-18(13-23)22(12-15-3-5-16(20)6-4-15)26(24,25)19-9-7-17(21)8-10-19/h3-10,14,18,23H,11-13H2,1-2H3. The second kappa shape index (κ2) is 9.33. The van der Waals surface area contributed by atoms with Gasteiger partial charge < -0.3 is 5.11 Å². The number of benzene rings is 2. The highest BCUT2D eigenvalue weighted by molar-refractivity contribution is 9.10. The predicted octanol–water partition coefficient (Wildman–Crippen LogP) is 4.70. The zero-order chi connectivity index (χ0) is 19.3. The monoisotopic (exact) mass is 459 g/mol. The Morgan fingerprint density at radius 2 is 1.65 bits per heavy atom. The van der Waals surface area contributed by atoms with Gasteiger partial charge in [0.15, 0.2) is 0 Å². The predicted molar refractivity (Wildman–Crippen MR) is 109 cm³/mol. The molecule has 142 valence electrons. The molecule has 0 spiro atoms. The second-order valence-electron chi connectivity index (χ2n) is 6.60. The molecule has 1 unspecified atom stereocenters. The van der Waals surface area contributed by atoms with Crippen molar-refractivity contribution in [1.82, 2.24) is 4.31 Å². The van der Waals surface area contributed by atoms with Gasteiger partial charge in [-0.2, -0.15) is 4.31 Å². The van der Waals surface area contributed by atoms with E-state index in [1.165, 1.54) is 16.4 Å². The molecule has 2 aromatic rings. The van der Waals surface area contributed by atoms with Crippen molar-refractivity contribution in [1.29, 1.82) is 0 Å². The fourth-order valence-electron chi connectivity index (χ4n) is 2.75. The Morgan fingerprint density at radius 3 is 2.15 bits per heavy atom. The third kappa shape index (κ3) is 5.54.